The SMILES string of the molecule is COc1ccc(C#Cc2ccc([C@@H]3[C@@H](CO)N4CCCCN(C(=O)Cc5ccncc5)C[C@H]34)cc2)cc1. The minimum Gasteiger partial charge on any atom is -0.497 e. The van der Waals surface area contributed by atoms with Gasteiger partial charge in [0.25, 0.3) is 0 Å². The van der Waals surface area contributed by atoms with Crippen LogP contribution in [-0.4, -0.2) is 71.2 Å². The maximum atomic E-state index is 13.2. The van der Waals surface area contributed by atoms with E-state index in [0.29, 0.717) is 13.0 Å². The maximum absolute atomic E-state index is 13.2. The smallest absolute Gasteiger partial charge is 0.227 e. The number of rotatable bonds is 5. The van der Waals surface area contributed by atoms with E-state index in [4.69, 9.17) is 4.74 Å². The molecular formula is C31H33N3O3. The fourth-order valence-corrected chi connectivity index (χ4v) is 5.56. The number of aliphatic hydroxyl groups excluding tert-OH is 1. The lowest BCUT2D eigenvalue weighted by Gasteiger charge is -2.57. The molecule has 0 spiro atoms. The summed E-state index contributed by atoms with van der Waals surface area (Å²) in [6.45, 7) is 2.55. The van der Waals surface area contributed by atoms with E-state index in [1.807, 2.05) is 41.3 Å². The molecule has 6 nitrogen and oxygen atoms in total. The molecule has 0 bridgehead atoms. The van der Waals surface area contributed by atoms with E-state index in [2.05, 4.69) is 46.0 Å². The van der Waals surface area contributed by atoms with E-state index in [1.54, 1.807) is 19.5 Å². The van der Waals surface area contributed by atoms with Crippen molar-refractivity contribution in [3.05, 3.63) is 95.3 Å². The van der Waals surface area contributed by atoms with Crippen LogP contribution in [0.3, 0.4) is 0 Å². The van der Waals surface area contributed by atoms with Gasteiger partial charge in [-0.2, -0.15) is 0 Å². The van der Waals surface area contributed by atoms with Gasteiger partial charge in [-0.25, -0.2) is 0 Å². The lowest BCUT2D eigenvalue weighted by molar-refractivity contribution is -0.135. The lowest BCUT2D eigenvalue weighted by atomic mass is 9.74. The first-order valence-corrected chi connectivity index (χ1v) is 13.0. The molecule has 0 radical (unpaired) electrons. The molecule has 1 aromatic heterocycles. The van der Waals surface area contributed by atoms with Crippen molar-refractivity contribution < 1.29 is 14.6 Å². The highest BCUT2D eigenvalue weighted by Gasteiger charge is 2.49. The molecule has 3 atom stereocenters. The number of aromatic nitrogens is 1. The Labute approximate surface area is 218 Å². The molecule has 2 saturated heterocycles. The number of amides is 1. The molecule has 3 aromatic rings. The summed E-state index contributed by atoms with van der Waals surface area (Å²) in [5.41, 5.74) is 4.06. The molecule has 0 saturated carbocycles. The van der Waals surface area contributed by atoms with Gasteiger partial charge in [0.1, 0.15) is 5.75 Å². The molecule has 0 unspecified atom stereocenters. The first-order chi connectivity index (χ1) is 18.2. The Morgan fingerprint density at radius 1 is 0.973 bits per heavy atom. The van der Waals surface area contributed by atoms with Gasteiger partial charge in [-0.3, -0.25) is 14.7 Å². The first kappa shape index (κ1) is 25.0. The van der Waals surface area contributed by atoms with Crippen LogP contribution in [0.25, 0.3) is 0 Å². The molecule has 190 valence electrons. The Bertz CT molecular complexity index is 1250. The van der Waals surface area contributed by atoms with E-state index < -0.39 is 0 Å². The molecule has 37 heavy (non-hydrogen) atoms. The second kappa shape index (κ2) is 11.6. The third kappa shape index (κ3) is 5.69. The Kier molecular flexibility index (Phi) is 7.84. The average Bonchev–Trinajstić information content (AvgIpc) is 2.92. The number of fused-ring (bicyclic) bond motifs is 1. The topological polar surface area (TPSA) is 65.9 Å². The number of methoxy groups -OCH3 is 1. The molecule has 2 aliphatic heterocycles. The van der Waals surface area contributed by atoms with Crippen molar-refractivity contribution in [3.63, 3.8) is 0 Å². The third-order valence-corrected chi connectivity index (χ3v) is 7.56. The Morgan fingerprint density at radius 2 is 1.62 bits per heavy atom. The quantitative estimate of drug-likeness (QED) is 0.549. The van der Waals surface area contributed by atoms with Gasteiger partial charge in [0.05, 0.1) is 20.1 Å². The normalized spacial score (nSPS) is 21.5. The zero-order valence-electron chi connectivity index (χ0n) is 21.2. The van der Waals surface area contributed by atoms with Gasteiger partial charge in [0, 0.05) is 54.6 Å². The number of pyridine rings is 1. The van der Waals surface area contributed by atoms with Crippen LogP contribution in [0.2, 0.25) is 0 Å². The number of nitrogens with zero attached hydrogens (tertiary/aromatic N) is 3. The maximum Gasteiger partial charge on any atom is 0.227 e. The summed E-state index contributed by atoms with van der Waals surface area (Å²) in [6.07, 6.45) is 5.87. The van der Waals surface area contributed by atoms with E-state index in [9.17, 15) is 9.90 Å². The summed E-state index contributed by atoms with van der Waals surface area (Å²) in [6, 6.07) is 20.2. The summed E-state index contributed by atoms with van der Waals surface area (Å²) < 4.78 is 5.21. The van der Waals surface area contributed by atoms with Crippen molar-refractivity contribution >= 4 is 5.91 Å². The predicted octanol–water partition coefficient (Wildman–Crippen LogP) is 3.48. The Morgan fingerprint density at radius 3 is 2.27 bits per heavy atom. The zero-order chi connectivity index (χ0) is 25.6. The summed E-state index contributed by atoms with van der Waals surface area (Å²) >= 11 is 0. The second-order valence-corrected chi connectivity index (χ2v) is 9.76. The molecule has 2 aromatic carbocycles. The molecule has 3 heterocycles. The van der Waals surface area contributed by atoms with Crippen LogP contribution in [0.1, 0.15) is 41.0 Å². The number of hydrogen-bond acceptors (Lipinski definition) is 5. The number of carbonyl (C=O) groups is 1. The van der Waals surface area contributed by atoms with Crippen LogP contribution in [0.15, 0.2) is 73.1 Å². The van der Waals surface area contributed by atoms with Crippen molar-refractivity contribution in [1.82, 2.24) is 14.8 Å². The zero-order valence-corrected chi connectivity index (χ0v) is 21.2. The van der Waals surface area contributed by atoms with E-state index in [0.717, 1.165) is 48.4 Å². The minimum absolute atomic E-state index is 0.0801. The van der Waals surface area contributed by atoms with E-state index >= 15 is 0 Å². The average molecular weight is 496 g/mol. The lowest BCUT2D eigenvalue weighted by Crippen LogP contribution is -2.68. The van der Waals surface area contributed by atoms with Crippen molar-refractivity contribution in [3.8, 4) is 17.6 Å². The summed E-state index contributed by atoms with van der Waals surface area (Å²) in [4.78, 5) is 21.7. The van der Waals surface area contributed by atoms with Crippen molar-refractivity contribution in [2.45, 2.75) is 37.3 Å². The molecule has 0 aliphatic carbocycles. The van der Waals surface area contributed by atoms with Gasteiger partial charge in [0.2, 0.25) is 5.91 Å². The monoisotopic (exact) mass is 495 g/mol. The van der Waals surface area contributed by atoms with Gasteiger partial charge in [-0.1, -0.05) is 24.0 Å². The fourth-order valence-electron chi connectivity index (χ4n) is 5.56. The molecule has 1 amide bonds. The standard InChI is InChI=1S/C31H33N3O3/c1-37-27-12-8-24(9-13-27)5-4-23-6-10-26(11-7-23)31-28-21-33(18-2-3-19-34(28)29(31)22-35)30(36)20-25-14-16-32-17-15-25/h6-17,28-29,31,35H,2-3,18-22H2,1H3/t28-,29-,31+/m1/s1. The van der Waals surface area contributed by atoms with Gasteiger partial charge < -0.3 is 14.7 Å². The van der Waals surface area contributed by atoms with Crippen LogP contribution in [0.4, 0.5) is 0 Å². The fraction of sp³-hybridized carbons (Fsp3) is 0.355. The second-order valence-electron chi connectivity index (χ2n) is 9.76. The summed E-state index contributed by atoms with van der Waals surface area (Å²) in [5.74, 6) is 7.60. The molecule has 2 aliphatic rings. The van der Waals surface area contributed by atoms with Gasteiger partial charge in [-0.05, 0) is 79.0 Å². The van der Waals surface area contributed by atoms with Crippen LogP contribution >= 0.6 is 0 Å². The summed E-state index contributed by atoms with van der Waals surface area (Å²) in [5, 5.41) is 10.2. The Hall–Kier alpha value is -3.66. The molecular weight excluding hydrogens is 462 g/mol. The van der Waals surface area contributed by atoms with Crippen LogP contribution in [0.5, 0.6) is 5.75 Å². The number of carbonyl (C=O) groups excluding carboxylic acids is 1. The first-order valence-electron chi connectivity index (χ1n) is 13.0. The summed E-state index contributed by atoms with van der Waals surface area (Å²) in [7, 11) is 1.65. The van der Waals surface area contributed by atoms with Crippen LogP contribution < -0.4 is 4.74 Å². The third-order valence-electron chi connectivity index (χ3n) is 7.56. The Balaban J connectivity index is 1.30. The number of benzene rings is 2. The van der Waals surface area contributed by atoms with Gasteiger partial charge >= 0.3 is 0 Å². The highest BCUT2D eigenvalue weighted by Crippen LogP contribution is 2.42. The van der Waals surface area contributed by atoms with Gasteiger partial charge in [-0.15, -0.1) is 0 Å². The predicted molar refractivity (Wildman–Crippen MR) is 143 cm³/mol. The van der Waals surface area contributed by atoms with Crippen LogP contribution in [0, 0.1) is 11.8 Å². The molecule has 5 rings (SSSR count). The van der Waals surface area contributed by atoms with Crippen molar-refractivity contribution in [2.75, 3.05) is 33.4 Å². The molecule has 6 heteroatoms. The highest BCUT2D eigenvalue weighted by molar-refractivity contribution is 5.78. The number of aliphatic hydroxyl groups is 1. The molecule has 1 N–H and O–H groups in total. The minimum atomic E-state index is 0.0801. The van der Waals surface area contributed by atoms with Gasteiger partial charge in [0.15, 0.2) is 0 Å². The van der Waals surface area contributed by atoms with Crippen molar-refractivity contribution in [2.24, 2.45) is 0 Å². The van der Waals surface area contributed by atoms with E-state index in [-0.39, 0.29) is 30.5 Å². The highest BCUT2D eigenvalue weighted by atomic mass is 16.5. The largest absolute Gasteiger partial charge is 0.497 e. The van der Waals surface area contributed by atoms with Crippen molar-refractivity contribution in [1.29, 1.82) is 0 Å². The number of ether oxygens (including phenoxy) is 1. The molecule has 2 fully saturated rings. The van der Waals surface area contributed by atoms with Crippen LogP contribution in [-0.2, 0) is 11.2 Å². The van der Waals surface area contributed by atoms with E-state index in [1.165, 1.54) is 5.56 Å². The number of hydrogen-bond donors (Lipinski definition) is 1.